The molecule has 110 valence electrons. The predicted octanol–water partition coefficient (Wildman–Crippen LogP) is 2.43. The molecule has 0 fully saturated rings. The van der Waals surface area contributed by atoms with Crippen LogP contribution >= 0.6 is 0 Å². The Labute approximate surface area is 127 Å². The van der Waals surface area contributed by atoms with Crippen molar-refractivity contribution in [3.05, 3.63) is 88.1 Å². The fraction of sp³-hybridized carbons (Fsp3) is 0.118. The third-order valence-corrected chi connectivity index (χ3v) is 3.36. The van der Waals surface area contributed by atoms with Gasteiger partial charge in [0, 0.05) is 6.42 Å². The van der Waals surface area contributed by atoms with Crippen LogP contribution in [0.5, 0.6) is 0 Å². The minimum Gasteiger partial charge on any atom is -0.244 e. The molecule has 1 N–H and O–H groups in total. The Morgan fingerprint density at radius 3 is 2.41 bits per heavy atom. The van der Waals surface area contributed by atoms with Crippen LogP contribution in [-0.2, 0) is 6.42 Å². The van der Waals surface area contributed by atoms with Crippen LogP contribution in [0.15, 0.2) is 70.6 Å². The van der Waals surface area contributed by atoms with Crippen LogP contribution in [0.3, 0.4) is 0 Å². The van der Waals surface area contributed by atoms with Gasteiger partial charge in [0.05, 0.1) is 5.71 Å². The quantitative estimate of drug-likeness (QED) is 0.751. The summed E-state index contributed by atoms with van der Waals surface area (Å²) >= 11 is 0. The van der Waals surface area contributed by atoms with E-state index in [1.165, 1.54) is 4.68 Å². The Hall–Kier alpha value is -2.95. The van der Waals surface area contributed by atoms with Gasteiger partial charge in [-0.25, -0.2) is 9.89 Å². The molecule has 0 amide bonds. The Balaban J connectivity index is 1.95. The molecule has 1 heterocycles. The summed E-state index contributed by atoms with van der Waals surface area (Å²) in [5.74, 6) is 0.589. The zero-order chi connectivity index (χ0) is 15.4. The summed E-state index contributed by atoms with van der Waals surface area (Å²) < 4.78 is 1.33. The molecule has 3 rings (SSSR count). The van der Waals surface area contributed by atoms with E-state index in [0.717, 1.165) is 16.8 Å². The first-order chi connectivity index (χ1) is 10.7. The van der Waals surface area contributed by atoms with Crippen LogP contribution in [0.1, 0.15) is 23.9 Å². The highest BCUT2D eigenvalue weighted by Crippen LogP contribution is 2.07. The van der Waals surface area contributed by atoms with E-state index < -0.39 is 0 Å². The molecule has 0 radical (unpaired) electrons. The fourth-order valence-electron chi connectivity index (χ4n) is 2.21. The average Bonchev–Trinajstić information content (AvgIpc) is 2.90. The fourth-order valence-corrected chi connectivity index (χ4v) is 2.21. The van der Waals surface area contributed by atoms with Gasteiger partial charge in [-0.15, -0.1) is 0 Å². The minimum absolute atomic E-state index is 0.332. The molecule has 0 atom stereocenters. The van der Waals surface area contributed by atoms with E-state index >= 15 is 0 Å². The van der Waals surface area contributed by atoms with E-state index in [1.54, 1.807) is 0 Å². The maximum Gasteiger partial charge on any atom is 0.364 e. The summed E-state index contributed by atoms with van der Waals surface area (Å²) in [4.78, 5) is 11.9. The van der Waals surface area contributed by atoms with Gasteiger partial charge in [0.2, 0.25) is 0 Å². The SMILES string of the molecule is CC(=Nn1c(Cc2ccccc2)n[nH]c1=O)c1ccccc1. The first-order valence-electron chi connectivity index (χ1n) is 7.05. The molecular formula is C17H16N4O. The van der Waals surface area contributed by atoms with Crippen molar-refractivity contribution in [1.82, 2.24) is 14.9 Å². The minimum atomic E-state index is -0.332. The second-order valence-electron chi connectivity index (χ2n) is 4.97. The van der Waals surface area contributed by atoms with Crippen molar-refractivity contribution in [3.8, 4) is 0 Å². The smallest absolute Gasteiger partial charge is 0.244 e. The van der Waals surface area contributed by atoms with Gasteiger partial charge in [0.1, 0.15) is 0 Å². The molecule has 3 aromatic rings. The normalized spacial score (nSPS) is 11.6. The molecule has 0 spiro atoms. The molecule has 0 aliphatic carbocycles. The summed E-state index contributed by atoms with van der Waals surface area (Å²) in [6, 6.07) is 19.6. The molecule has 22 heavy (non-hydrogen) atoms. The van der Waals surface area contributed by atoms with Crippen molar-refractivity contribution in [2.45, 2.75) is 13.3 Å². The molecule has 0 bridgehead atoms. The Morgan fingerprint density at radius 2 is 1.73 bits per heavy atom. The second-order valence-corrected chi connectivity index (χ2v) is 4.97. The van der Waals surface area contributed by atoms with Gasteiger partial charge < -0.3 is 0 Å². The van der Waals surface area contributed by atoms with E-state index in [2.05, 4.69) is 15.3 Å². The first-order valence-corrected chi connectivity index (χ1v) is 7.05. The molecule has 5 heteroatoms. The number of hydrogen-bond donors (Lipinski definition) is 1. The van der Waals surface area contributed by atoms with Crippen LogP contribution in [0.2, 0.25) is 0 Å². The largest absolute Gasteiger partial charge is 0.364 e. The third kappa shape index (κ3) is 3.03. The van der Waals surface area contributed by atoms with Crippen molar-refractivity contribution in [3.63, 3.8) is 0 Å². The predicted molar refractivity (Wildman–Crippen MR) is 86.1 cm³/mol. The van der Waals surface area contributed by atoms with Gasteiger partial charge in [0.25, 0.3) is 0 Å². The monoisotopic (exact) mass is 292 g/mol. The Morgan fingerprint density at radius 1 is 1.09 bits per heavy atom. The summed E-state index contributed by atoms with van der Waals surface area (Å²) in [6.07, 6.45) is 0.547. The highest BCUT2D eigenvalue weighted by atomic mass is 16.2. The van der Waals surface area contributed by atoms with Crippen LogP contribution in [-0.4, -0.2) is 20.6 Å². The molecule has 5 nitrogen and oxygen atoms in total. The summed E-state index contributed by atoms with van der Waals surface area (Å²) in [5.41, 5.74) is 2.48. The topological polar surface area (TPSA) is 63.0 Å². The van der Waals surface area contributed by atoms with Gasteiger partial charge in [-0.1, -0.05) is 60.7 Å². The molecule has 0 aliphatic heterocycles. The van der Waals surface area contributed by atoms with Gasteiger partial charge in [0.15, 0.2) is 5.82 Å². The van der Waals surface area contributed by atoms with Crippen LogP contribution < -0.4 is 5.69 Å². The van der Waals surface area contributed by atoms with E-state index in [1.807, 2.05) is 67.6 Å². The van der Waals surface area contributed by atoms with Gasteiger partial charge in [-0.2, -0.15) is 14.9 Å². The molecular weight excluding hydrogens is 276 g/mol. The number of aromatic amines is 1. The lowest BCUT2D eigenvalue weighted by Crippen LogP contribution is -2.17. The van der Waals surface area contributed by atoms with Crippen molar-refractivity contribution in [1.29, 1.82) is 0 Å². The van der Waals surface area contributed by atoms with Crippen molar-refractivity contribution in [2.24, 2.45) is 5.10 Å². The maximum absolute atomic E-state index is 11.9. The van der Waals surface area contributed by atoms with E-state index in [0.29, 0.717) is 12.2 Å². The van der Waals surface area contributed by atoms with Crippen molar-refractivity contribution < 1.29 is 0 Å². The van der Waals surface area contributed by atoms with Crippen molar-refractivity contribution in [2.75, 3.05) is 0 Å². The summed E-state index contributed by atoms with van der Waals surface area (Å²) in [6.45, 7) is 1.88. The van der Waals surface area contributed by atoms with Crippen LogP contribution in [0.25, 0.3) is 0 Å². The van der Waals surface area contributed by atoms with Crippen molar-refractivity contribution >= 4 is 5.71 Å². The molecule has 0 aliphatic rings. The van der Waals surface area contributed by atoms with Gasteiger partial charge in [-0.05, 0) is 18.1 Å². The molecule has 0 unspecified atom stereocenters. The number of rotatable bonds is 4. The highest BCUT2D eigenvalue weighted by molar-refractivity contribution is 5.98. The van der Waals surface area contributed by atoms with E-state index in [-0.39, 0.29) is 5.69 Å². The zero-order valence-electron chi connectivity index (χ0n) is 12.2. The average molecular weight is 292 g/mol. The number of H-pyrrole nitrogens is 1. The molecule has 0 saturated carbocycles. The Bertz CT molecular complexity index is 832. The van der Waals surface area contributed by atoms with Gasteiger partial charge in [-0.3, -0.25) is 0 Å². The summed E-state index contributed by atoms with van der Waals surface area (Å²) in [7, 11) is 0. The maximum atomic E-state index is 11.9. The number of benzene rings is 2. The number of nitrogens with one attached hydrogen (secondary N) is 1. The zero-order valence-corrected chi connectivity index (χ0v) is 12.2. The molecule has 0 saturated heterocycles. The lowest BCUT2D eigenvalue weighted by molar-refractivity contribution is 0.771. The molecule has 2 aromatic carbocycles. The van der Waals surface area contributed by atoms with Crippen LogP contribution in [0.4, 0.5) is 0 Å². The number of hydrogen-bond acceptors (Lipinski definition) is 3. The van der Waals surface area contributed by atoms with E-state index in [4.69, 9.17) is 0 Å². The second kappa shape index (κ2) is 6.22. The lowest BCUT2D eigenvalue weighted by Gasteiger charge is -2.03. The van der Waals surface area contributed by atoms with Gasteiger partial charge >= 0.3 is 5.69 Å². The summed E-state index contributed by atoms with van der Waals surface area (Å²) in [5, 5.41) is 11.0. The number of nitrogens with zero attached hydrogens (tertiary/aromatic N) is 3. The number of aromatic nitrogens is 3. The molecule has 1 aromatic heterocycles. The lowest BCUT2D eigenvalue weighted by atomic mass is 10.1. The highest BCUT2D eigenvalue weighted by Gasteiger charge is 2.09. The van der Waals surface area contributed by atoms with Crippen LogP contribution in [0, 0.1) is 0 Å². The third-order valence-electron chi connectivity index (χ3n) is 3.36. The standard InChI is InChI=1S/C17H16N4O/c1-13(15-10-6-3-7-11-15)20-21-16(18-19-17(21)22)12-14-8-4-2-5-9-14/h2-11H,12H2,1H3,(H,19,22). The Kier molecular flexibility index (Phi) is 3.96. The first kappa shape index (κ1) is 14.0. The van der Waals surface area contributed by atoms with E-state index in [9.17, 15) is 4.79 Å².